The Bertz CT molecular complexity index is 736. The number of carbonyl (C=O) groups is 2. The van der Waals surface area contributed by atoms with Crippen LogP contribution in [0, 0.1) is 17.1 Å². The van der Waals surface area contributed by atoms with E-state index in [9.17, 15) is 14.0 Å². The minimum Gasteiger partial charge on any atom is -0.326 e. The molecular formula is C16H12FN3O2. The second-order valence-corrected chi connectivity index (χ2v) is 4.47. The number of carbonyl (C=O) groups excluding carboxylic acids is 2. The van der Waals surface area contributed by atoms with Gasteiger partial charge in [0.25, 0.3) is 0 Å². The highest BCUT2D eigenvalue weighted by atomic mass is 19.1. The number of anilines is 2. The van der Waals surface area contributed by atoms with Crippen molar-refractivity contribution in [2.24, 2.45) is 0 Å². The van der Waals surface area contributed by atoms with Gasteiger partial charge in [-0.15, -0.1) is 0 Å². The van der Waals surface area contributed by atoms with Gasteiger partial charge in [-0.1, -0.05) is 6.07 Å². The molecule has 0 saturated heterocycles. The number of rotatable bonds is 4. The first-order valence-corrected chi connectivity index (χ1v) is 6.42. The molecule has 0 aliphatic rings. The van der Waals surface area contributed by atoms with Crippen LogP contribution >= 0.6 is 0 Å². The van der Waals surface area contributed by atoms with Gasteiger partial charge in [0.05, 0.1) is 11.6 Å². The lowest BCUT2D eigenvalue weighted by atomic mass is 10.2. The molecule has 0 fully saturated rings. The molecule has 0 aliphatic carbocycles. The van der Waals surface area contributed by atoms with Gasteiger partial charge in [-0.25, -0.2) is 4.39 Å². The van der Waals surface area contributed by atoms with Crippen LogP contribution in [-0.4, -0.2) is 11.8 Å². The lowest BCUT2D eigenvalue weighted by Gasteiger charge is -2.07. The molecule has 0 unspecified atom stereocenters. The summed E-state index contributed by atoms with van der Waals surface area (Å²) in [6.07, 6.45) is -0.381. The number of hydrogen-bond acceptors (Lipinski definition) is 3. The van der Waals surface area contributed by atoms with E-state index in [-0.39, 0.29) is 6.42 Å². The van der Waals surface area contributed by atoms with Gasteiger partial charge >= 0.3 is 0 Å². The molecule has 6 heteroatoms. The van der Waals surface area contributed by atoms with Crippen LogP contribution in [0.2, 0.25) is 0 Å². The highest BCUT2D eigenvalue weighted by molar-refractivity contribution is 6.08. The summed E-state index contributed by atoms with van der Waals surface area (Å²) in [7, 11) is 0. The van der Waals surface area contributed by atoms with E-state index < -0.39 is 17.6 Å². The van der Waals surface area contributed by atoms with Crippen LogP contribution in [0.1, 0.15) is 12.0 Å². The van der Waals surface area contributed by atoms with E-state index >= 15 is 0 Å². The van der Waals surface area contributed by atoms with Crippen molar-refractivity contribution in [3.05, 3.63) is 59.9 Å². The van der Waals surface area contributed by atoms with Crippen molar-refractivity contribution < 1.29 is 14.0 Å². The molecule has 2 aromatic carbocycles. The standard InChI is InChI=1S/C16H12FN3O2/c17-12-4-6-13(7-5-12)19-15(21)9-16(22)20-14-3-1-2-11(8-14)10-18/h1-8H,9H2,(H,19,21)(H,20,22). The summed E-state index contributed by atoms with van der Waals surface area (Å²) in [6, 6.07) is 13.6. The molecule has 110 valence electrons. The third-order valence-electron chi connectivity index (χ3n) is 2.72. The van der Waals surface area contributed by atoms with Crippen LogP contribution < -0.4 is 10.6 Å². The van der Waals surface area contributed by atoms with Crippen molar-refractivity contribution in [1.29, 1.82) is 5.26 Å². The normalized spacial score (nSPS) is 9.64. The van der Waals surface area contributed by atoms with Gasteiger partial charge in [0.2, 0.25) is 11.8 Å². The third kappa shape index (κ3) is 4.42. The van der Waals surface area contributed by atoms with E-state index in [2.05, 4.69) is 10.6 Å². The molecule has 2 rings (SSSR count). The smallest absolute Gasteiger partial charge is 0.233 e. The number of nitrogens with one attached hydrogen (secondary N) is 2. The van der Waals surface area contributed by atoms with E-state index in [1.165, 1.54) is 30.3 Å². The van der Waals surface area contributed by atoms with Crippen LogP contribution in [0.5, 0.6) is 0 Å². The number of benzene rings is 2. The molecule has 0 atom stereocenters. The van der Waals surface area contributed by atoms with E-state index in [1.54, 1.807) is 18.2 Å². The summed E-state index contributed by atoms with van der Waals surface area (Å²) < 4.78 is 12.7. The van der Waals surface area contributed by atoms with Crippen LogP contribution in [-0.2, 0) is 9.59 Å². The van der Waals surface area contributed by atoms with E-state index in [0.717, 1.165) is 0 Å². The van der Waals surface area contributed by atoms with Crippen molar-refractivity contribution in [1.82, 2.24) is 0 Å². The molecule has 0 bridgehead atoms. The Morgan fingerprint density at radius 1 is 1.00 bits per heavy atom. The Kier molecular flexibility index (Phi) is 4.83. The number of hydrogen-bond donors (Lipinski definition) is 2. The summed E-state index contributed by atoms with van der Waals surface area (Å²) >= 11 is 0. The molecule has 5 nitrogen and oxygen atoms in total. The summed E-state index contributed by atoms with van der Waals surface area (Å²) in [5, 5.41) is 13.8. The molecular weight excluding hydrogens is 285 g/mol. The second kappa shape index (κ2) is 6.99. The fourth-order valence-electron chi connectivity index (χ4n) is 1.76. The minimum atomic E-state index is -0.513. The van der Waals surface area contributed by atoms with Gasteiger partial charge in [-0.05, 0) is 42.5 Å². The Morgan fingerprint density at radius 3 is 2.27 bits per heavy atom. The van der Waals surface area contributed by atoms with Crippen LogP contribution in [0.25, 0.3) is 0 Å². The molecule has 0 heterocycles. The maximum absolute atomic E-state index is 12.7. The van der Waals surface area contributed by atoms with Crippen molar-refractivity contribution in [2.45, 2.75) is 6.42 Å². The Balaban J connectivity index is 1.89. The summed E-state index contributed by atoms with van der Waals surface area (Å²) in [4.78, 5) is 23.5. The van der Waals surface area contributed by atoms with E-state index in [0.29, 0.717) is 16.9 Å². The molecule has 2 N–H and O–H groups in total. The number of halogens is 1. The van der Waals surface area contributed by atoms with Gasteiger partial charge < -0.3 is 10.6 Å². The minimum absolute atomic E-state index is 0.381. The zero-order valence-corrected chi connectivity index (χ0v) is 11.5. The molecule has 2 amide bonds. The zero-order chi connectivity index (χ0) is 15.9. The van der Waals surface area contributed by atoms with Crippen molar-refractivity contribution in [3.8, 4) is 6.07 Å². The number of nitriles is 1. The number of amides is 2. The van der Waals surface area contributed by atoms with Gasteiger partial charge in [0.1, 0.15) is 12.2 Å². The van der Waals surface area contributed by atoms with Crippen molar-refractivity contribution >= 4 is 23.2 Å². The number of nitrogens with zero attached hydrogens (tertiary/aromatic N) is 1. The highest BCUT2D eigenvalue weighted by Gasteiger charge is 2.10. The maximum Gasteiger partial charge on any atom is 0.233 e. The summed E-state index contributed by atoms with van der Waals surface area (Å²) in [6.45, 7) is 0. The van der Waals surface area contributed by atoms with Gasteiger partial charge in [-0.3, -0.25) is 9.59 Å². The average Bonchev–Trinajstić information content (AvgIpc) is 2.49. The Hall–Kier alpha value is -3.20. The van der Waals surface area contributed by atoms with E-state index in [1.807, 2.05) is 6.07 Å². The summed E-state index contributed by atoms with van der Waals surface area (Å²) in [5.74, 6) is -1.43. The Morgan fingerprint density at radius 2 is 1.64 bits per heavy atom. The zero-order valence-electron chi connectivity index (χ0n) is 11.5. The quantitative estimate of drug-likeness (QED) is 0.851. The fraction of sp³-hybridized carbons (Fsp3) is 0.0625. The average molecular weight is 297 g/mol. The predicted molar refractivity (Wildman–Crippen MR) is 79.4 cm³/mol. The topological polar surface area (TPSA) is 82.0 Å². The van der Waals surface area contributed by atoms with Crippen LogP contribution in [0.15, 0.2) is 48.5 Å². The van der Waals surface area contributed by atoms with Crippen LogP contribution in [0.3, 0.4) is 0 Å². The van der Waals surface area contributed by atoms with Crippen molar-refractivity contribution in [3.63, 3.8) is 0 Å². The van der Waals surface area contributed by atoms with Gasteiger partial charge in [0.15, 0.2) is 0 Å². The largest absolute Gasteiger partial charge is 0.326 e. The van der Waals surface area contributed by atoms with Crippen LogP contribution in [0.4, 0.5) is 15.8 Å². The third-order valence-corrected chi connectivity index (χ3v) is 2.72. The molecule has 22 heavy (non-hydrogen) atoms. The first-order valence-electron chi connectivity index (χ1n) is 6.42. The monoisotopic (exact) mass is 297 g/mol. The maximum atomic E-state index is 12.7. The SMILES string of the molecule is N#Cc1cccc(NC(=O)CC(=O)Nc2ccc(F)cc2)c1. The Labute approximate surface area is 126 Å². The van der Waals surface area contributed by atoms with Gasteiger partial charge in [-0.2, -0.15) is 5.26 Å². The van der Waals surface area contributed by atoms with Gasteiger partial charge in [0, 0.05) is 11.4 Å². The first kappa shape index (κ1) is 15.2. The predicted octanol–water partition coefficient (Wildman–Crippen LogP) is 2.66. The molecule has 2 aromatic rings. The van der Waals surface area contributed by atoms with E-state index in [4.69, 9.17) is 5.26 Å². The summed E-state index contributed by atoms with van der Waals surface area (Å²) in [5.41, 5.74) is 1.26. The lowest BCUT2D eigenvalue weighted by molar-refractivity contribution is -0.123. The molecule has 0 aromatic heterocycles. The molecule has 0 saturated carbocycles. The fourth-order valence-corrected chi connectivity index (χ4v) is 1.76. The second-order valence-electron chi connectivity index (χ2n) is 4.47. The van der Waals surface area contributed by atoms with Crippen molar-refractivity contribution in [2.75, 3.05) is 10.6 Å². The molecule has 0 radical (unpaired) electrons. The molecule has 0 spiro atoms. The first-order chi connectivity index (χ1) is 10.6. The highest BCUT2D eigenvalue weighted by Crippen LogP contribution is 2.11. The lowest BCUT2D eigenvalue weighted by Crippen LogP contribution is -2.21. The molecule has 0 aliphatic heterocycles.